The summed E-state index contributed by atoms with van der Waals surface area (Å²) in [5.41, 5.74) is 3.69. The summed E-state index contributed by atoms with van der Waals surface area (Å²) in [7, 11) is 7.28. The molecule has 6 rings (SSSR count). The Bertz CT molecular complexity index is 1860. The highest BCUT2D eigenvalue weighted by Crippen LogP contribution is 2.45. The van der Waals surface area contributed by atoms with Crippen LogP contribution in [0.2, 0.25) is 0 Å². The van der Waals surface area contributed by atoms with Crippen LogP contribution >= 0.6 is 0 Å². The van der Waals surface area contributed by atoms with Gasteiger partial charge in [0, 0.05) is 81.0 Å². The van der Waals surface area contributed by atoms with E-state index in [0.717, 1.165) is 6.07 Å². The summed E-state index contributed by atoms with van der Waals surface area (Å²) in [6.45, 7) is 2.38. The molecule has 5 aromatic rings. The lowest BCUT2D eigenvalue weighted by atomic mass is 10.0. The monoisotopic (exact) mass is 549 g/mol. The molecule has 0 saturated carbocycles. The van der Waals surface area contributed by atoms with Crippen molar-refractivity contribution in [3.8, 4) is 11.1 Å². The Hall–Kier alpha value is -4.12. The molecule has 0 aliphatic carbocycles. The fourth-order valence-electron chi connectivity index (χ4n) is 6.05. The van der Waals surface area contributed by atoms with Crippen molar-refractivity contribution in [3.63, 3.8) is 0 Å². The molecule has 1 fully saturated rings. The summed E-state index contributed by atoms with van der Waals surface area (Å²) in [6.07, 6.45) is 4.18. The van der Waals surface area contributed by atoms with Crippen LogP contribution in [0.4, 0.5) is 24.5 Å². The van der Waals surface area contributed by atoms with E-state index in [9.17, 15) is 9.18 Å². The van der Waals surface area contributed by atoms with E-state index >= 15 is 8.78 Å². The maximum atomic E-state index is 15.6. The van der Waals surface area contributed by atoms with Crippen molar-refractivity contribution < 1.29 is 13.2 Å². The van der Waals surface area contributed by atoms with Gasteiger partial charge in [0.15, 0.2) is 17.1 Å². The number of fused-ring (bicyclic) bond motifs is 4. The Morgan fingerprint density at radius 3 is 2.67 bits per heavy atom. The quantitative estimate of drug-likeness (QED) is 0.330. The summed E-state index contributed by atoms with van der Waals surface area (Å²) in [6, 6.07) is 2.61. The summed E-state index contributed by atoms with van der Waals surface area (Å²) in [4.78, 5) is 29.3. The Morgan fingerprint density at radius 2 is 1.95 bits per heavy atom. The lowest BCUT2D eigenvalue weighted by Crippen LogP contribution is -2.38. The molecule has 2 atom stereocenters. The van der Waals surface area contributed by atoms with Gasteiger partial charge in [-0.25, -0.2) is 23.1 Å². The number of H-pyrrole nitrogens is 1. The average Bonchev–Trinajstić information content (AvgIpc) is 3.48. The van der Waals surface area contributed by atoms with Gasteiger partial charge in [0.25, 0.3) is 0 Å². The number of alkyl halides is 1. The number of pyridine rings is 3. The number of aryl methyl sites for hydroxylation is 2. The van der Waals surface area contributed by atoms with Crippen molar-refractivity contribution in [1.29, 1.82) is 0 Å². The molecule has 0 amide bonds. The van der Waals surface area contributed by atoms with E-state index in [1.807, 2.05) is 30.9 Å². The van der Waals surface area contributed by atoms with Gasteiger partial charge in [-0.15, -0.1) is 0 Å². The van der Waals surface area contributed by atoms with Crippen LogP contribution in [0.25, 0.3) is 44.1 Å². The van der Waals surface area contributed by atoms with Gasteiger partial charge in [0.1, 0.15) is 17.5 Å². The summed E-state index contributed by atoms with van der Waals surface area (Å²) in [5.74, 6) is -2.02. The molecule has 0 unspecified atom stereocenters. The fourth-order valence-corrected chi connectivity index (χ4v) is 6.05. The zero-order valence-electron chi connectivity index (χ0n) is 22.9. The zero-order valence-corrected chi connectivity index (χ0v) is 22.9. The van der Waals surface area contributed by atoms with E-state index in [4.69, 9.17) is 0 Å². The zero-order chi connectivity index (χ0) is 28.5. The number of halogens is 3. The molecule has 208 valence electrons. The molecule has 1 saturated heterocycles. The summed E-state index contributed by atoms with van der Waals surface area (Å²) < 4.78 is 47.3. The third kappa shape index (κ3) is 3.98. The van der Waals surface area contributed by atoms with Crippen LogP contribution in [-0.4, -0.2) is 70.9 Å². The maximum Gasteiger partial charge on any atom is 0.193 e. The van der Waals surface area contributed by atoms with Gasteiger partial charge in [0.2, 0.25) is 0 Å². The lowest BCUT2D eigenvalue weighted by molar-refractivity contribution is 0.330. The van der Waals surface area contributed by atoms with Gasteiger partial charge in [0.05, 0.1) is 33.1 Å². The molecule has 0 bridgehead atoms. The minimum atomic E-state index is -1.11. The molecule has 0 spiro atoms. The first kappa shape index (κ1) is 26.1. The van der Waals surface area contributed by atoms with Crippen LogP contribution in [0, 0.1) is 18.6 Å². The number of nitrogens with zero attached hydrogens (tertiary/aromatic N) is 5. The number of nitrogens with one attached hydrogen (secondary N) is 2. The van der Waals surface area contributed by atoms with E-state index in [0.29, 0.717) is 62.2 Å². The Labute approximate surface area is 228 Å². The van der Waals surface area contributed by atoms with Gasteiger partial charge >= 0.3 is 0 Å². The number of rotatable bonds is 5. The SMILES string of the molecule is CNc1cc(F)c(F)c2c1[nH]c1ncc(-c3cnc4c(c3)c(=O)c(C)cn4C)c(N3C[C@@H](F)C[C@H]3CN(C)C)c12. The van der Waals surface area contributed by atoms with Crippen molar-refractivity contribution in [3.05, 3.63) is 58.1 Å². The largest absolute Gasteiger partial charge is 0.386 e. The number of hydrogen-bond acceptors (Lipinski definition) is 6. The molecule has 5 heterocycles. The minimum Gasteiger partial charge on any atom is -0.386 e. The van der Waals surface area contributed by atoms with Crippen LogP contribution < -0.4 is 15.6 Å². The number of aromatic amines is 1. The normalized spacial score (nSPS) is 17.7. The number of anilines is 2. The standard InChI is InChI=1S/C29H30F3N7O/c1-14-11-38(5)29-18(27(14)40)6-15(9-35-29)19-10-34-28-23(22-24(32)20(31)8-21(33-2)25(22)36-28)26(19)39-12-16(30)7-17(39)13-37(3)4/h6,8-11,16-17,33H,7,12-13H2,1-5H3,(H,34,36)/t16-,17-/m0/s1. The highest BCUT2D eigenvalue weighted by Gasteiger charge is 2.36. The minimum absolute atomic E-state index is 0.0371. The van der Waals surface area contributed by atoms with E-state index in [1.54, 1.807) is 43.2 Å². The molecule has 1 aromatic carbocycles. The molecule has 4 aromatic heterocycles. The van der Waals surface area contributed by atoms with E-state index in [1.165, 1.54) is 0 Å². The molecule has 8 nitrogen and oxygen atoms in total. The van der Waals surface area contributed by atoms with Crippen molar-refractivity contribution in [2.45, 2.75) is 25.6 Å². The van der Waals surface area contributed by atoms with Crippen molar-refractivity contribution in [1.82, 2.24) is 24.4 Å². The third-order valence-corrected chi connectivity index (χ3v) is 7.76. The lowest BCUT2D eigenvalue weighted by Gasteiger charge is -2.31. The molecule has 2 N–H and O–H groups in total. The second kappa shape index (κ2) is 9.51. The molecule has 1 aliphatic rings. The molecule has 11 heteroatoms. The van der Waals surface area contributed by atoms with Crippen LogP contribution in [-0.2, 0) is 7.05 Å². The Balaban J connectivity index is 1.73. The topological polar surface area (TPSA) is 82.1 Å². The van der Waals surface area contributed by atoms with Crippen molar-refractivity contribution >= 4 is 44.3 Å². The van der Waals surface area contributed by atoms with Gasteiger partial charge in [-0.05, 0) is 27.1 Å². The van der Waals surface area contributed by atoms with Crippen LogP contribution in [0.5, 0.6) is 0 Å². The Morgan fingerprint density at radius 1 is 1.18 bits per heavy atom. The van der Waals surface area contributed by atoms with E-state index in [2.05, 4.69) is 20.3 Å². The third-order valence-electron chi connectivity index (χ3n) is 7.76. The van der Waals surface area contributed by atoms with Gasteiger partial charge in [-0.2, -0.15) is 0 Å². The average molecular weight is 550 g/mol. The number of hydrogen-bond donors (Lipinski definition) is 2. The van der Waals surface area contributed by atoms with E-state index < -0.39 is 17.8 Å². The summed E-state index contributed by atoms with van der Waals surface area (Å²) in [5, 5.41) is 3.74. The van der Waals surface area contributed by atoms with Crippen molar-refractivity contribution in [2.75, 3.05) is 44.4 Å². The Kier molecular flexibility index (Phi) is 6.21. The predicted molar refractivity (Wildman–Crippen MR) is 153 cm³/mol. The first-order valence-electron chi connectivity index (χ1n) is 13.1. The molecule has 40 heavy (non-hydrogen) atoms. The van der Waals surface area contributed by atoms with Crippen LogP contribution in [0.3, 0.4) is 0 Å². The number of aromatic nitrogens is 4. The predicted octanol–water partition coefficient (Wildman–Crippen LogP) is 4.74. The summed E-state index contributed by atoms with van der Waals surface area (Å²) >= 11 is 0. The highest BCUT2D eigenvalue weighted by molar-refractivity contribution is 6.18. The fraction of sp³-hybridized carbons (Fsp3) is 0.345. The van der Waals surface area contributed by atoms with Gasteiger partial charge < -0.3 is 24.7 Å². The number of likely N-dealkylation sites (N-methyl/N-ethyl adjacent to an activating group) is 1. The molecule has 1 aliphatic heterocycles. The second-order valence-corrected chi connectivity index (χ2v) is 10.8. The molecular weight excluding hydrogens is 519 g/mol. The smallest absolute Gasteiger partial charge is 0.193 e. The van der Waals surface area contributed by atoms with Gasteiger partial charge in [-0.3, -0.25) is 4.79 Å². The van der Waals surface area contributed by atoms with Crippen LogP contribution in [0.1, 0.15) is 12.0 Å². The van der Waals surface area contributed by atoms with E-state index in [-0.39, 0.29) is 29.8 Å². The molecule has 0 radical (unpaired) electrons. The van der Waals surface area contributed by atoms with Gasteiger partial charge in [-0.1, -0.05) is 0 Å². The second-order valence-electron chi connectivity index (χ2n) is 10.8. The van der Waals surface area contributed by atoms with Crippen molar-refractivity contribution in [2.24, 2.45) is 7.05 Å². The maximum absolute atomic E-state index is 15.6. The highest BCUT2D eigenvalue weighted by atomic mass is 19.2. The first-order valence-corrected chi connectivity index (χ1v) is 13.1. The number of benzene rings is 1. The first-order chi connectivity index (χ1) is 19.1. The molecular formula is C29H30F3N7O. The van der Waals surface area contributed by atoms with Crippen LogP contribution in [0.15, 0.2) is 35.5 Å².